The van der Waals surface area contributed by atoms with Gasteiger partial charge in [0.25, 0.3) is 0 Å². The van der Waals surface area contributed by atoms with E-state index in [0.29, 0.717) is 5.41 Å². The first-order chi connectivity index (χ1) is 7.71. The van der Waals surface area contributed by atoms with Crippen molar-refractivity contribution < 1.29 is 0 Å². The van der Waals surface area contributed by atoms with Gasteiger partial charge in [-0.25, -0.2) is 0 Å². The van der Waals surface area contributed by atoms with Crippen LogP contribution in [0.3, 0.4) is 0 Å². The van der Waals surface area contributed by atoms with Crippen LogP contribution >= 0.6 is 12.6 Å². The van der Waals surface area contributed by atoms with E-state index in [-0.39, 0.29) is 0 Å². The van der Waals surface area contributed by atoms with E-state index < -0.39 is 0 Å². The molecule has 0 spiro atoms. The zero-order chi connectivity index (χ0) is 12.0. The maximum atomic E-state index is 4.64. The molecule has 96 valence electrons. The molecule has 0 heterocycles. The predicted molar refractivity (Wildman–Crippen MR) is 76.4 cm³/mol. The van der Waals surface area contributed by atoms with Crippen molar-refractivity contribution in [3.05, 3.63) is 0 Å². The SMILES string of the molecule is CCCC(CS)(CCC)CN(CC)C1CC1. The average molecular weight is 243 g/mol. The summed E-state index contributed by atoms with van der Waals surface area (Å²) in [7, 11) is 0. The summed E-state index contributed by atoms with van der Waals surface area (Å²) in [6.45, 7) is 9.41. The molecule has 1 rings (SSSR count). The van der Waals surface area contributed by atoms with E-state index in [2.05, 4.69) is 38.3 Å². The second-order valence-electron chi connectivity index (χ2n) is 5.45. The number of hydrogen-bond acceptors (Lipinski definition) is 2. The summed E-state index contributed by atoms with van der Waals surface area (Å²) < 4.78 is 0. The minimum absolute atomic E-state index is 0.477. The summed E-state index contributed by atoms with van der Waals surface area (Å²) in [5.74, 6) is 1.05. The Morgan fingerprint density at radius 1 is 1.12 bits per heavy atom. The second kappa shape index (κ2) is 6.90. The van der Waals surface area contributed by atoms with E-state index in [1.54, 1.807) is 0 Å². The fraction of sp³-hybridized carbons (Fsp3) is 1.00. The molecular weight excluding hydrogens is 214 g/mol. The quantitative estimate of drug-likeness (QED) is 0.599. The molecule has 0 aromatic heterocycles. The second-order valence-corrected chi connectivity index (χ2v) is 5.77. The van der Waals surface area contributed by atoms with Crippen molar-refractivity contribution in [2.75, 3.05) is 18.8 Å². The normalized spacial score (nSPS) is 17.1. The van der Waals surface area contributed by atoms with Crippen molar-refractivity contribution in [1.82, 2.24) is 4.90 Å². The average Bonchev–Trinajstić information content (AvgIpc) is 3.10. The monoisotopic (exact) mass is 243 g/mol. The predicted octanol–water partition coefficient (Wildman–Crippen LogP) is 3.99. The zero-order valence-electron chi connectivity index (χ0n) is 11.3. The standard InChI is InChI=1S/C14H29NS/c1-4-9-14(12-16,10-5-2)11-15(6-3)13-7-8-13/h13,16H,4-12H2,1-3H3. The van der Waals surface area contributed by atoms with Crippen LogP contribution in [-0.4, -0.2) is 29.8 Å². The van der Waals surface area contributed by atoms with Gasteiger partial charge in [0.05, 0.1) is 0 Å². The van der Waals surface area contributed by atoms with Crippen molar-refractivity contribution >= 4 is 12.6 Å². The molecule has 1 aliphatic carbocycles. The molecule has 0 amide bonds. The van der Waals surface area contributed by atoms with Crippen LogP contribution in [0.2, 0.25) is 0 Å². The van der Waals surface area contributed by atoms with Crippen LogP contribution < -0.4 is 0 Å². The highest BCUT2D eigenvalue weighted by atomic mass is 32.1. The lowest BCUT2D eigenvalue weighted by Gasteiger charge is -2.37. The first-order valence-corrected chi connectivity index (χ1v) is 7.69. The molecule has 16 heavy (non-hydrogen) atoms. The fourth-order valence-electron chi connectivity index (χ4n) is 2.92. The van der Waals surface area contributed by atoms with E-state index in [0.717, 1.165) is 11.8 Å². The Balaban J connectivity index is 2.58. The third kappa shape index (κ3) is 3.96. The van der Waals surface area contributed by atoms with Gasteiger partial charge in [0.1, 0.15) is 0 Å². The van der Waals surface area contributed by atoms with Gasteiger partial charge in [0.15, 0.2) is 0 Å². The van der Waals surface area contributed by atoms with Gasteiger partial charge >= 0.3 is 0 Å². The van der Waals surface area contributed by atoms with Crippen LogP contribution in [0, 0.1) is 5.41 Å². The van der Waals surface area contributed by atoms with Gasteiger partial charge < -0.3 is 4.90 Å². The molecule has 0 aliphatic heterocycles. The number of nitrogens with zero attached hydrogens (tertiary/aromatic N) is 1. The molecule has 1 fully saturated rings. The lowest BCUT2D eigenvalue weighted by molar-refractivity contribution is 0.145. The molecule has 1 nitrogen and oxygen atoms in total. The van der Waals surface area contributed by atoms with Gasteiger partial charge in [-0.15, -0.1) is 0 Å². The molecule has 0 saturated heterocycles. The van der Waals surface area contributed by atoms with Gasteiger partial charge in [-0.3, -0.25) is 0 Å². The van der Waals surface area contributed by atoms with Crippen LogP contribution in [-0.2, 0) is 0 Å². The van der Waals surface area contributed by atoms with Crippen LogP contribution in [0.1, 0.15) is 59.3 Å². The summed E-state index contributed by atoms with van der Waals surface area (Å²) in [6, 6.07) is 0.901. The van der Waals surface area contributed by atoms with E-state index in [1.807, 2.05) is 0 Å². The first kappa shape index (κ1) is 14.4. The highest BCUT2D eigenvalue weighted by molar-refractivity contribution is 7.80. The molecule has 0 atom stereocenters. The van der Waals surface area contributed by atoms with Crippen LogP contribution in [0.5, 0.6) is 0 Å². The molecule has 2 heteroatoms. The smallest absolute Gasteiger partial charge is 0.00965 e. The van der Waals surface area contributed by atoms with Gasteiger partial charge in [-0.05, 0) is 43.4 Å². The Hall–Kier alpha value is 0.310. The van der Waals surface area contributed by atoms with E-state index >= 15 is 0 Å². The van der Waals surface area contributed by atoms with E-state index in [1.165, 1.54) is 51.6 Å². The third-order valence-corrected chi connectivity index (χ3v) is 4.57. The summed E-state index contributed by atoms with van der Waals surface area (Å²) >= 11 is 4.64. The minimum atomic E-state index is 0.477. The minimum Gasteiger partial charge on any atom is -0.300 e. The number of thiol groups is 1. The third-order valence-electron chi connectivity index (χ3n) is 3.90. The molecule has 0 aromatic carbocycles. The van der Waals surface area contributed by atoms with Crippen LogP contribution in [0.25, 0.3) is 0 Å². The maximum absolute atomic E-state index is 4.64. The van der Waals surface area contributed by atoms with Crippen molar-refractivity contribution in [2.45, 2.75) is 65.3 Å². The van der Waals surface area contributed by atoms with Crippen molar-refractivity contribution in [3.63, 3.8) is 0 Å². The van der Waals surface area contributed by atoms with Crippen LogP contribution in [0.4, 0.5) is 0 Å². The van der Waals surface area contributed by atoms with Gasteiger partial charge in [-0.2, -0.15) is 12.6 Å². The van der Waals surface area contributed by atoms with E-state index in [9.17, 15) is 0 Å². The Bertz CT molecular complexity index is 183. The summed E-state index contributed by atoms with van der Waals surface area (Å²) in [4.78, 5) is 2.70. The molecule has 1 aliphatic rings. The highest BCUT2D eigenvalue weighted by Gasteiger charge is 2.35. The maximum Gasteiger partial charge on any atom is 0.00965 e. The Morgan fingerprint density at radius 3 is 2.00 bits per heavy atom. The Labute approximate surface area is 107 Å². The first-order valence-electron chi connectivity index (χ1n) is 7.06. The topological polar surface area (TPSA) is 3.24 Å². The van der Waals surface area contributed by atoms with Gasteiger partial charge in [0.2, 0.25) is 0 Å². The number of hydrogen-bond donors (Lipinski definition) is 1. The summed E-state index contributed by atoms with van der Waals surface area (Å²) in [5.41, 5.74) is 0.477. The molecule has 0 radical (unpaired) electrons. The molecule has 0 unspecified atom stereocenters. The van der Waals surface area contributed by atoms with Crippen molar-refractivity contribution in [1.29, 1.82) is 0 Å². The molecule has 0 N–H and O–H groups in total. The number of rotatable bonds is 9. The lowest BCUT2D eigenvalue weighted by Crippen LogP contribution is -2.40. The lowest BCUT2D eigenvalue weighted by atomic mass is 9.80. The zero-order valence-corrected chi connectivity index (χ0v) is 12.2. The highest BCUT2D eigenvalue weighted by Crippen LogP contribution is 2.36. The Morgan fingerprint density at radius 2 is 1.69 bits per heavy atom. The molecular formula is C14H29NS. The van der Waals surface area contributed by atoms with Crippen LogP contribution in [0.15, 0.2) is 0 Å². The van der Waals surface area contributed by atoms with Crippen molar-refractivity contribution in [3.8, 4) is 0 Å². The molecule has 0 aromatic rings. The largest absolute Gasteiger partial charge is 0.300 e. The van der Waals surface area contributed by atoms with Crippen molar-refractivity contribution in [2.24, 2.45) is 5.41 Å². The molecule has 1 saturated carbocycles. The fourth-order valence-corrected chi connectivity index (χ4v) is 3.34. The van der Waals surface area contributed by atoms with Gasteiger partial charge in [0, 0.05) is 12.6 Å². The van der Waals surface area contributed by atoms with E-state index in [4.69, 9.17) is 0 Å². The summed E-state index contributed by atoms with van der Waals surface area (Å²) in [5, 5.41) is 0. The van der Waals surface area contributed by atoms with Gasteiger partial charge in [-0.1, -0.05) is 33.6 Å². The Kier molecular flexibility index (Phi) is 6.20. The summed E-state index contributed by atoms with van der Waals surface area (Å²) in [6.07, 6.45) is 8.12. The molecule has 0 bridgehead atoms.